The molecule has 4 heteroatoms. The number of para-hydroxylation sites is 1. The number of rotatable bonds is 7. The minimum absolute atomic E-state index is 0.0498. The predicted molar refractivity (Wildman–Crippen MR) is 105 cm³/mol. The fourth-order valence-electron chi connectivity index (χ4n) is 2.57. The highest BCUT2D eigenvalue weighted by atomic mass is 16.2. The molecule has 0 aliphatic carbocycles. The second-order valence-corrected chi connectivity index (χ2v) is 7.98. The summed E-state index contributed by atoms with van der Waals surface area (Å²) in [6, 6.07) is 6.16. The fourth-order valence-corrected chi connectivity index (χ4v) is 2.57. The van der Waals surface area contributed by atoms with E-state index in [0.29, 0.717) is 0 Å². The largest absolute Gasteiger partial charge is 0.353 e. The molecule has 0 aliphatic heterocycles. The van der Waals surface area contributed by atoms with E-state index in [1.165, 1.54) is 0 Å². The van der Waals surface area contributed by atoms with Gasteiger partial charge >= 0.3 is 0 Å². The molecule has 1 aromatic rings. The molecule has 0 spiro atoms. The minimum atomic E-state index is -1.14. The van der Waals surface area contributed by atoms with Crippen molar-refractivity contribution in [3.05, 3.63) is 29.3 Å². The van der Waals surface area contributed by atoms with Crippen LogP contribution < -0.4 is 10.6 Å². The van der Waals surface area contributed by atoms with Gasteiger partial charge in [-0.15, -0.1) is 0 Å². The van der Waals surface area contributed by atoms with E-state index in [4.69, 9.17) is 0 Å². The highest BCUT2D eigenvalue weighted by Gasteiger charge is 2.37. The quantitative estimate of drug-likeness (QED) is 0.696. The zero-order chi connectivity index (χ0) is 19.4. The van der Waals surface area contributed by atoms with Crippen molar-refractivity contribution in [1.82, 2.24) is 5.32 Å². The van der Waals surface area contributed by atoms with Gasteiger partial charge < -0.3 is 10.6 Å². The molecule has 0 heterocycles. The van der Waals surface area contributed by atoms with E-state index < -0.39 is 5.41 Å². The van der Waals surface area contributed by atoms with Crippen LogP contribution in [0.1, 0.15) is 84.8 Å². The molecule has 0 saturated heterocycles. The Labute approximate surface area is 152 Å². The number of nitrogens with one attached hydrogen (secondary N) is 2. The molecule has 0 radical (unpaired) electrons. The smallest absolute Gasteiger partial charge is 0.239 e. The van der Waals surface area contributed by atoms with Crippen molar-refractivity contribution in [2.45, 2.75) is 79.7 Å². The first-order chi connectivity index (χ1) is 11.5. The van der Waals surface area contributed by atoms with Crippen LogP contribution in [0.4, 0.5) is 5.69 Å². The minimum Gasteiger partial charge on any atom is -0.353 e. The first-order valence-electron chi connectivity index (χ1n) is 9.27. The lowest BCUT2D eigenvalue weighted by atomic mass is 9.88. The predicted octanol–water partition coefficient (Wildman–Crippen LogP) is 4.81. The molecule has 2 amide bonds. The lowest BCUT2D eigenvalue weighted by Crippen LogP contribution is -2.47. The van der Waals surface area contributed by atoms with E-state index in [1.807, 2.05) is 32.0 Å². The van der Waals surface area contributed by atoms with Crippen LogP contribution in [-0.2, 0) is 9.59 Å². The average molecular weight is 347 g/mol. The van der Waals surface area contributed by atoms with E-state index in [0.717, 1.165) is 23.2 Å². The van der Waals surface area contributed by atoms with Gasteiger partial charge in [0.15, 0.2) is 0 Å². The van der Waals surface area contributed by atoms with E-state index in [-0.39, 0.29) is 29.7 Å². The van der Waals surface area contributed by atoms with Crippen molar-refractivity contribution in [1.29, 1.82) is 0 Å². The van der Waals surface area contributed by atoms with E-state index >= 15 is 0 Å². The zero-order valence-electron chi connectivity index (χ0n) is 17.0. The number of hydrogen-bond donors (Lipinski definition) is 2. The van der Waals surface area contributed by atoms with Crippen LogP contribution in [0.2, 0.25) is 0 Å². The molecule has 0 bridgehead atoms. The van der Waals surface area contributed by atoms with Crippen molar-refractivity contribution in [2.24, 2.45) is 5.41 Å². The van der Waals surface area contributed by atoms with Crippen LogP contribution in [0.5, 0.6) is 0 Å². The van der Waals surface area contributed by atoms with Crippen LogP contribution in [0.25, 0.3) is 0 Å². The van der Waals surface area contributed by atoms with Crippen molar-refractivity contribution < 1.29 is 9.59 Å². The van der Waals surface area contributed by atoms with Crippen molar-refractivity contribution in [2.75, 3.05) is 5.32 Å². The monoisotopic (exact) mass is 346 g/mol. The van der Waals surface area contributed by atoms with Gasteiger partial charge in [0, 0.05) is 11.7 Å². The van der Waals surface area contributed by atoms with Gasteiger partial charge in [-0.1, -0.05) is 52.8 Å². The topological polar surface area (TPSA) is 58.2 Å². The molecule has 0 aliphatic rings. The van der Waals surface area contributed by atoms with Gasteiger partial charge in [-0.2, -0.15) is 0 Å². The fraction of sp³-hybridized carbons (Fsp3) is 0.619. The molecular weight excluding hydrogens is 312 g/mol. The highest BCUT2D eigenvalue weighted by Crippen LogP contribution is 2.33. The normalized spacial score (nSPS) is 13.0. The van der Waals surface area contributed by atoms with Gasteiger partial charge in [-0.25, -0.2) is 0 Å². The molecule has 140 valence electrons. The molecule has 0 fully saturated rings. The summed E-state index contributed by atoms with van der Waals surface area (Å²) in [4.78, 5) is 25.5. The Kier molecular flexibility index (Phi) is 7.21. The molecule has 1 atom stereocenters. The molecule has 25 heavy (non-hydrogen) atoms. The Hall–Kier alpha value is -1.84. The first kappa shape index (κ1) is 21.2. The van der Waals surface area contributed by atoms with Crippen molar-refractivity contribution in [3.8, 4) is 0 Å². The third kappa shape index (κ3) is 5.07. The molecule has 2 N–H and O–H groups in total. The Morgan fingerprint density at radius 2 is 1.44 bits per heavy atom. The van der Waals surface area contributed by atoms with Gasteiger partial charge in [-0.3, -0.25) is 9.59 Å². The summed E-state index contributed by atoms with van der Waals surface area (Å²) < 4.78 is 0. The summed E-state index contributed by atoms with van der Waals surface area (Å²) in [5.74, 6) is 0.0490. The first-order valence-corrected chi connectivity index (χ1v) is 9.27. The van der Waals surface area contributed by atoms with Crippen LogP contribution >= 0.6 is 0 Å². The summed E-state index contributed by atoms with van der Waals surface area (Å²) in [7, 11) is 0. The zero-order valence-corrected chi connectivity index (χ0v) is 17.0. The number of hydrogen-bond acceptors (Lipinski definition) is 2. The van der Waals surface area contributed by atoms with Crippen LogP contribution in [0.3, 0.4) is 0 Å². The number of carbonyl (C=O) groups excluding carboxylic acids is 2. The summed E-state index contributed by atoms with van der Waals surface area (Å²) in [6.07, 6.45) is 0.830. The van der Waals surface area contributed by atoms with Gasteiger partial charge in [0.2, 0.25) is 11.8 Å². The lowest BCUT2D eigenvalue weighted by Gasteiger charge is -2.27. The molecule has 0 aromatic heterocycles. The molecule has 4 nitrogen and oxygen atoms in total. The van der Waals surface area contributed by atoms with Crippen LogP contribution in [0, 0.1) is 5.41 Å². The third-order valence-electron chi connectivity index (χ3n) is 4.74. The Balaban J connectivity index is 3.16. The van der Waals surface area contributed by atoms with Crippen LogP contribution in [-0.4, -0.2) is 17.9 Å². The Morgan fingerprint density at radius 3 is 1.84 bits per heavy atom. The second-order valence-electron chi connectivity index (χ2n) is 7.98. The van der Waals surface area contributed by atoms with E-state index in [9.17, 15) is 9.59 Å². The summed E-state index contributed by atoms with van der Waals surface area (Å²) in [5.41, 5.74) is 1.90. The SMILES string of the molecule is CCC(C)NC(=O)C(C)(C)C(=O)Nc1c(C(C)C)cccc1C(C)C. The lowest BCUT2D eigenvalue weighted by molar-refractivity contribution is -0.138. The average Bonchev–Trinajstić information content (AvgIpc) is 2.53. The van der Waals surface area contributed by atoms with Crippen molar-refractivity contribution in [3.63, 3.8) is 0 Å². The number of benzene rings is 1. The molecule has 0 saturated carbocycles. The Morgan fingerprint density at radius 1 is 0.960 bits per heavy atom. The maximum Gasteiger partial charge on any atom is 0.239 e. The molecule has 1 rings (SSSR count). The van der Waals surface area contributed by atoms with Gasteiger partial charge in [0.05, 0.1) is 0 Å². The number of carbonyl (C=O) groups is 2. The summed E-state index contributed by atoms with van der Waals surface area (Å²) >= 11 is 0. The van der Waals surface area contributed by atoms with Crippen LogP contribution in [0.15, 0.2) is 18.2 Å². The van der Waals surface area contributed by atoms with Gasteiger partial charge in [0.1, 0.15) is 5.41 Å². The van der Waals surface area contributed by atoms with Gasteiger partial charge in [0.25, 0.3) is 0 Å². The summed E-state index contributed by atoms with van der Waals surface area (Å²) in [6.45, 7) is 15.7. The van der Waals surface area contributed by atoms with E-state index in [1.54, 1.807) is 13.8 Å². The maximum atomic E-state index is 12.9. The standard InChI is InChI=1S/C21H34N2O2/c1-9-15(6)22-19(24)21(7,8)20(25)23-18-16(13(2)3)11-10-12-17(18)14(4)5/h10-15H,9H2,1-8H3,(H,22,24)(H,23,25). The molecule has 1 unspecified atom stereocenters. The number of amides is 2. The van der Waals surface area contributed by atoms with Crippen molar-refractivity contribution >= 4 is 17.5 Å². The maximum absolute atomic E-state index is 12.9. The number of anilines is 1. The third-order valence-corrected chi connectivity index (χ3v) is 4.74. The van der Waals surface area contributed by atoms with E-state index in [2.05, 4.69) is 38.3 Å². The molecule has 1 aromatic carbocycles. The Bertz CT molecular complexity index is 592. The second kappa shape index (κ2) is 8.50. The van der Waals surface area contributed by atoms with Gasteiger partial charge in [-0.05, 0) is 50.2 Å². The highest BCUT2D eigenvalue weighted by molar-refractivity contribution is 6.10. The summed E-state index contributed by atoms with van der Waals surface area (Å²) in [5, 5.41) is 5.97. The molecular formula is C21H34N2O2.